The van der Waals surface area contributed by atoms with Gasteiger partial charge in [0.1, 0.15) is 15.7 Å². The highest BCUT2D eigenvalue weighted by molar-refractivity contribution is 8.13. The molecule has 0 radical (unpaired) electrons. The summed E-state index contributed by atoms with van der Waals surface area (Å²) < 4.78 is 27.7. The van der Waals surface area contributed by atoms with Crippen molar-refractivity contribution in [3.8, 4) is 5.75 Å². The van der Waals surface area contributed by atoms with E-state index < -0.39 is 9.05 Å². The van der Waals surface area contributed by atoms with Gasteiger partial charge in [0.2, 0.25) is 0 Å². The van der Waals surface area contributed by atoms with Gasteiger partial charge in [-0.05, 0) is 18.6 Å². The van der Waals surface area contributed by atoms with Crippen molar-refractivity contribution in [3.05, 3.63) is 22.2 Å². The molecule has 1 aromatic rings. The summed E-state index contributed by atoms with van der Waals surface area (Å²) in [6.45, 7) is 2.33. The van der Waals surface area contributed by atoms with Crippen molar-refractivity contribution >= 4 is 48.8 Å². The monoisotopic (exact) mass is 373 g/mol. The minimum atomic E-state index is -4.00. The zero-order chi connectivity index (χ0) is 16.0. The first kappa shape index (κ1) is 18.4. The highest BCUT2D eigenvalue weighted by Crippen LogP contribution is 2.37. The number of amides is 1. The van der Waals surface area contributed by atoms with Crippen LogP contribution in [0.25, 0.3) is 0 Å². The lowest BCUT2D eigenvalue weighted by molar-refractivity contribution is -0.123. The molecular weight excluding hydrogens is 361 g/mol. The molecule has 0 saturated carbocycles. The Morgan fingerprint density at radius 3 is 2.52 bits per heavy atom. The first-order valence-corrected chi connectivity index (χ1v) is 9.16. The summed E-state index contributed by atoms with van der Waals surface area (Å²) in [6, 6.07) is 2.46. The molecular formula is C12H14Cl3NO4S. The van der Waals surface area contributed by atoms with E-state index in [1.165, 1.54) is 12.1 Å². The molecule has 21 heavy (non-hydrogen) atoms. The molecule has 0 unspecified atom stereocenters. The van der Waals surface area contributed by atoms with E-state index in [0.717, 1.165) is 12.8 Å². The van der Waals surface area contributed by atoms with Gasteiger partial charge in [0.25, 0.3) is 15.0 Å². The van der Waals surface area contributed by atoms with E-state index in [1.807, 2.05) is 6.92 Å². The Hall–Kier alpha value is -0.690. The van der Waals surface area contributed by atoms with Crippen LogP contribution in [-0.2, 0) is 13.8 Å². The summed E-state index contributed by atoms with van der Waals surface area (Å²) in [6.07, 6.45) is 1.84. The number of hydrogen-bond acceptors (Lipinski definition) is 4. The van der Waals surface area contributed by atoms with E-state index in [0.29, 0.717) is 6.54 Å². The number of nitrogens with one attached hydrogen (secondary N) is 1. The average molecular weight is 375 g/mol. The maximum atomic E-state index is 11.5. The van der Waals surface area contributed by atoms with Gasteiger partial charge in [0.15, 0.2) is 6.61 Å². The van der Waals surface area contributed by atoms with Crippen LogP contribution in [0.3, 0.4) is 0 Å². The Bertz CT molecular complexity index is 619. The van der Waals surface area contributed by atoms with E-state index in [4.69, 9.17) is 38.6 Å². The third-order valence-electron chi connectivity index (χ3n) is 2.49. The number of unbranched alkanes of at least 4 members (excludes halogenated alkanes) is 1. The Kier molecular flexibility index (Phi) is 7.06. The van der Waals surface area contributed by atoms with Crippen molar-refractivity contribution in [2.75, 3.05) is 13.2 Å². The maximum Gasteiger partial charge on any atom is 0.262 e. The van der Waals surface area contributed by atoms with Crippen molar-refractivity contribution in [1.82, 2.24) is 5.32 Å². The Labute approximate surface area is 137 Å². The topological polar surface area (TPSA) is 72.5 Å². The molecule has 0 aliphatic carbocycles. The van der Waals surface area contributed by atoms with E-state index >= 15 is 0 Å². The number of carbonyl (C=O) groups excluding carboxylic acids is 1. The van der Waals surface area contributed by atoms with Crippen molar-refractivity contribution in [1.29, 1.82) is 0 Å². The van der Waals surface area contributed by atoms with Crippen LogP contribution in [0.1, 0.15) is 19.8 Å². The molecule has 1 rings (SSSR count). The first-order chi connectivity index (χ1) is 9.77. The van der Waals surface area contributed by atoms with Gasteiger partial charge in [0.05, 0.1) is 5.02 Å². The Morgan fingerprint density at radius 2 is 1.95 bits per heavy atom. The van der Waals surface area contributed by atoms with Gasteiger partial charge in [-0.15, -0.1) is 0 Å². The van der Waals surface area contributed by atoms with Gasteiger partial charge < -0.3 is 10.1 Å². The van der Waals surface area contributed by atoms with Gasteiger partial charge in [-0.1, -0.05) is 36.5 Å². The van der Waals surface area contributed by atoms with E-state index in [-0.39, 0.29) is 33.2 Å². The van der Waals surface area contributed by atoms with Crippen LogP contribution in [0.4, 0.5) is 0 Å². The zero-order valence-corrected chi connectivity index (χ0v) is 14.2. The largest absolute Gasteiger partial charge is 0.482 e. The van der Waals surface area contributed by atoms with Crippen LogP contribution in [0, 0.1) is 0 Å². The molecule has 0 fully saturated rings. The lowest BCUT2D eigenvalue weighted by atomic mass is 10.3. The summed E-state index contributed by atoms with van der Waals surface area (Å²) in [5.74, 6) is -0.193. The summed E-state index contributed by atoms with van der Waals surface area (Å²) in [5.41, 5.74) is 0. The lowest BCUT2D eigenvalue weighted by Gasteiger charge is -2.10. The molecule has 0 atom stereocenters. The fourth-order valence-corrected chi connectivity index (χ4v) is 3.20. The number of benzene rings is 1. The molecule has 0 saturated heterocycles. The lowest BCUT2D eigenvalue weighted by Crippen LogP contribution is -2.29. The Balaban J connectivity index is 2.74. The second-order valence-electron chi connectivity index (χ2n) is 4.12. The molecule has 9 heteroatoms. The van der Waals surface area contributed by atoms with Crippen LogP contribution in [-0.4, -0.2) is 27.5 Å². The highest BCUT2D eigenvalue weighted by atomic mass is 35.7. The maximum absolute atomic E-state index is 11.5. The van der Waals surface area contributed by atoms with Crippen molar-refractivity contribution < 1.29 is 17.9 Å². The molecule has 5 nitrogen and oxygen atoms in total. The van der Waals surface area contributed by atoms with E-state index in [9.17, 15) is 13.2 Å². The van der Waals surface area contributed by atoms with Gasteiger partial charge in [-0.2, -0.15) is 0 Å². The predicted octanol–water partition coefficient (Wildman–Crippen LogP) is 3.22. The molecule has 0 aliphatic heterocycles. The minimum Gasteiger partial charge on any atom is -0.482 e. The zero-order valence-electron chi connectivity index (χ0n) is 11.2. The number of rotatable bonds is 7. The molecule has 0 heterocycles. The molecule has 0 bridgehead atoms. The summed E-state index contributed by atoms with van der Waals surface area (Å²) in [4.78, 5) is 11.2. The smallest absolute Gasteiger partial charge is 0.262 e. The van der Waals surface area contributed by atoms with Crippen LogP contribution < -0.4 is 10.1 Å². The van der Waals surface area contributed by atoms with Crippen molar-refractivity contribution in [2.45, 2.75) is 24.7 Å². The summed E-state index contributed by atoms with van der Waals surface area (Å²) in [5, 5.41) is 2.31. The van der Waals surface area contributed by atoms with Crippen molar-refractivity contribution in [3.63, 3.8) is 0 Å². The minimum absolute atomic E-state index is 0.108. The van der Waals surface area contributed by atoms with Crippen LogP contribution in [0.15, 0.2) is 17.0 Å². The molecule has 1 amide bonds. The number of ether oxygens (including phenoxy) is 1. The van der Waals surface area contributed by atoms with E-state index in [1.54, 1.807) is 0 Å². The van der Waals surface area contributed by atoms with Crippen LogP contribution >= 0.6 is 33.9 Å². The van der Waals surface area contributed by atoms with Crippen molar-refractivity contribution in [2.24, 2.45) is 0 Å². The standard InChI is InChI=1S/C12H14Cl3NO4S/c1-2-3-6-16-10(17)7-20-8-4-5-9(21(15,18)19)12(14)11(8)13/h4-5H,2-3,6-7H2,1H3,(H,16,17). The molecule has 1 aromatic carbocycles. The molecule has 0 spiro atoms. The molecule has 0 aromatic heterocycles. The van der Waals surface area contributed by atoms with Crippen LogP contribution in [0.2, 0.25) is 10.0 Å². The predicted molar refractivity (Wildman–Crippen MR) is 82.9 cm³/mol. The summed E-state index contributed by atoms with van der Waals surface area (Å²) >= 11 is 11.7. The Morgan fingerprint density at radius 1 is 1.29 bits per heavy atom. The van der Waals surface area contributed by atoms with Gasteiger partial charge in [-0.3, -0.25) is 4.79 Å². The quantitative estimate of drug-likeness (QED) is 0.587. The van der Waals surface area contributed by atoms with Gasteiger partial charge >= 0.3 is 0 Å². The number of carbonyl (C=O) groups is 1. The number of hydrogen-bond donors (Lipinski definition) is 1. The third kappa shape index (κ3) is 5.54. The van der Waals surface area contributed by atoms with Gasteiger partial charge in [0, 0.05) is 17.2 Å². The average Bonchev–Trinajstić information content (AvgIpc) is 2.39. The van der Waals surface area contributed by atoms with Crippen LogP contribution in [0.5, 0.6) is 5.75 Å². The second kappa shape index (κ2) is 8.08. The van der Waals surface area contributed by atoms with E-state index in [2.05, 4.69) is 5.32 Å². The first-order valence-electron chi connectivity index (χ1n) is 6.09. The molecule has 0 aliphatic rings. The molecule has 1 N–H and O–H groups in total. The third-order valence-corrected chi connectivity index (χ3v) is 4.83. The highest BCUT2D eigenvalue weighted by Gasteiger charge is 2.20. The summed E-state index contributed by atoms with van der Waals surface area (Å²) in [7, 11) is 1.21. The fraction of sp³-hybridized carbons (Fsp3) is 0.417. The fourth-order valence-electron chi connectivity index (χ4n) is 1.41. The number of halogens is 3. The molecule has 118 valence electrons. The SMILES string of the molecule is CCCCNC(=O)COc1ccc(S(=O)(=O)Cl)c(Cl)c1Cl. The normalized spacial score (nSPS) is 11.2. The second-order valence-corrected chi connectivity index (χ2v) is 7.41. The van der Waals surface area contributed by atoms with Gasteiger partial charge in [-0.25, -0.2) is 8.42 Å².